The Hall–Kier alpha value is -20.2. The fraction of sp³-hybridized carbons (Fsp3) is 0.0308. The zero-order valence-corrected chi connectivity index (χ0v) is 79.5. The number of hydrogen-bond donors (Lipinski definition) is 0. The van der Waals surface area contributed by atoms with Crippen LogP contribution in [-0.4, -0.2) is 32.0 Å². The summed E-state index contributed by atoms with van der Waals surface area (Å²) in [5.74, 6) is 0. The van der Waals surface area contributed by atoms with E-state index in [-0.39, 0.29) is 5.41 Å². The van der Waals surface area contributed by atoms with Gasteiger partial charge < -0.3 is 40.8 Å². The number of rotatable bonds is 7. The van der Waals surface area contributed by atoms with E-state index in [1.54, 1.807) is 0 Å². The first kappa shape index (κ1) is 83.9. The smallest absolute Gasteiger partial charge is 0.214 e. The molecule has 30 rings (SSSR count). The van der Waals surface area contributed by atoms with Crippen LogP contribution >= 0.6 is 11.3 Å². The summed E-state index contributed by atoms with van der Waals surface area (Å²) in [5.41, 5.74) is 26.5. The van der Waals surface area contributed by atoms with Crippen LogP contribution in [0.5, 0.6) is 0 Å². The van der Waals surface area contributed by atoms with Gasteiger partial charge >= 0.3 is 0 Å². The average Bonchev–Trinajstić information content (AvgIpc) is 1.55. The van der Waals surface area contributed by atoms with Crippen molar-refractivity contribution in [2.45, 2.75) is 26.2 Å². The second kappa shape index (κ2) is 32.2. The van der Waals surface area contributed by atoms with E-state index >= 15 is 0 Å². The second-order valence-corrected chi connectivity index (χ2v) is 39.3. The van der Waals surface area contributed by atoms with Gasteiger partial charge in [-0.2, -0.15) is 21.0 Å². The maximum Gasteiger partial charge on any atom is 0.214 e. The lowest BCUT2D eigenvalue weighted by Gasteiger charge is -2.19. The maximum atomic E-state index is 10.7. The Morgan fingerprint density at radius 1 is 0.247 bits per heavy atom. The molecule has 0 saturated carbocycles. The molecule has 0 saturated heterocycles. The van der Waals surface area contributed by atoms with Crippen molar-refractivity contribution in [2.24, 2.45) is 0 Å². The van der Waals surface area contributed by atoms with Crippen LogP contribution in [0.1, 0.15) is 48.6 Å². The molecule has 0 bridgehead atoms. The number of nitrogens with zero attached hydrogens (tertiary/aromatic N) is 13. The molecule has 30 aromatic rings. The molecular weight excluding hydrogens is 1810 g/mol. The second-order valence-electron chi connectivity index (χ2n) is 38.2. The van der Waals surface area contributed by atoms with Gasteiger partial charge in [0.1, 0.15) is 46.6 Å². The number of fused-ring (bicyclic) bond motifs is 34. The molecule has 0 N–H and O–H groups in total. The monoisotopic (exact) mass is 1880 g/mol. The van der Waals surface area contributed by atoms with Crippen molar-refractivity contribution in [3.8, 4) is 64.1 Å². The molecule has 146 heavy (non-hydrogen) atoms. The van der Waals surface area contributed by atoms with Crippen LogP contribution in [-0.2, 0) is 5.41 Å². The van der Waals surface area contributed by atoms with Gasteiger partial charge in [0.05, 0.1) is 152 Å². The quantitative estimate of drug-likeness (QED) is 0.144. The number of para-hydroxylation sites is 11. The van der Waals surface area contributed by atoms with Gasteiger partial charge in [0, 0.05) is 118 Å². The Balaban J connectivity index is 0.000000107. The minimum absolute atomic E-state index is 0.0560. The lowest BCUT2D eigenvalue weighted by Crippen LogP contribution is -2.10. The largest absolute Gasteiger partial charge is 0.455 e. The Labute approximate surface area is 836 Å². The summed E-state index contributed by atoms with van der Waals surface area (Å²) in [5, 5.41) is 64.0. The van der Waals surface area contributed by atoms with Crippen LogP contribution in [0.25, 0.3) is 266 Å². The fourth-order valence-corrected chi connectivity index (χ4v) is 24.6. The lowest BCUT2D eigenvalue weighted by atomic mass is 9.86. The van der Waals surface area contributed by atoms with E-state index in [0.717, 1.165) is 220 Å². The molecule has 20 aromatic carbocycles. The zero-order valence-electron chi connectivity index (χ0n) is 78.6. The third-order valence-electron chi connectivity index (χ3n) is 29.6. The van der Waals surface area contributed by atoms with E-state index < -0.39 is 0 Å². The van der Waals surface area contributed by atoms with Crippen molar-refractivity contribution >= 4 is 239 Å². The van der Waals surface area contributed by atoms with Crippen molar-refractivity contribution in [1.82, 2.24) is 32.0 Å². The molecule has 0 aliphatic rings. The maximum absolute atomic E-state index is 10.7. The standard InChI is InChI=1S/C50H27N5O.C42H28N4O.C38H20N4S/c51-28-30-26-45(54-39-18-8-4-14-33(39)34-15-5-9-19-40(34)54)46(27-31(30)29-52)55-42-21-11-7-17-38(42)48-44(55)25-23-36-35-22-24-43-47(49(35)56-50(36)48)37-16-6-10-20-41(37)53(43)32-12-2-1-3-13-32;1-42(2,3)26-17-19-36-32(22-26)39-37(20-18-31-30-13-7-10-16-38(30)47-41(31)39)45(36)27-21-25(24-43)40(33(23-27)44-4)46-34-14-8-5-11-28(34)29-12-6-9-15-35(29)46;1-40-30-21-24(20-23(22-39)37(30)42-31-14-6-2-10-25(31)26-11-3-7-15-32(26)42)41-33-16-8-4-13-29(33)36-34(41)19-18-28-27-12-5-9-17-35(27)43-38(28)36/h1-27H;5-23H,1-3H3;2-21H. The first-order valence-corrected chi connectivity index (χ1v) is 49.1. The molecule has 10 heterocycles. The molecule has 0 unspecified atom stereocenters. The normalized spacial score (nSPS) is 11.9. The number of furan rings is 2. The number of nitriles is 4. The zero-order chi connectivity index (χ0) is 97.8. The van der Waals surface area contributed by atoms with Gasteiger partial charge in [-0.25, -0.2) is 9.69 Å². The van der Waals surface area contributed by atoms with E-state index in [1.165, 1.54) is 31.1 Å². The minimum atomic E-state index is -0.0560. The number of benzene rings is 20. The Kier molecular flexibility index (Phi) is 18.5. The SMILES string of the molecule is N#Cc1cc(-n2c3ccccc3c3ccccc32)c(-n2c3ccccc3c3c4oc5c(ccc6c5c5ccccc5n6-c5ccccc5)c4ccc32)cc1C#N.[C-]#[N+]c1cc(-n2c3ccc(C(C)(C)C)cc3c3c4oc5ccccc5c4ccc32)cc(C#N)c1-n1c2ccccc2c2ccccc21.[C-]#[N+]c1cc(-n2c3ccccc3c3c4sc5ccccc5c4ccc32)cc(C#N)c1-n1c2ccccc2c2ccccc21. The average molecular weight is 1880 g/mol. The molecular formula is C130H75N13O2S. The molecule has 0 aliphatic carbocycles. The van der Waals surface area contributed by atoms with Gasteiger partial charge in [0.15, 0.2) is 0 Å². The van der Waals surface area contributed by atoms with Crippen molar-refractivity contribution in [3.05, 3.63) is 451 Å². The highest BCUT2D eigenvalue weighted by Crippen LogP contribution is 2.52. The van der Waals surface area contributed by atoms with Crippen LogP contribution in [0, 0.1) is 58.5 Å². The predicted molar refractivity (Wildman–Crippen MR) is 597 cm³/mol. The van der Waals surface area contributed by atoms with Crippen LogP contribution in [0.3, 0.4) is 0 Å². The number of thiophene rings is 1. The van der Waals surface area contributed by atoms with E-state index in [0.29, 0.717) is 45.0 Å². The van der Waals surface area contributed by atoms with Gasteiger partial charge in [-0.05, 0) is 181 Å². The molecule has 10 aromatic heterocycles. The highest BCUT2D eigenvalue weighted by atomic mass is 32.1. The van der Waals surface area contributed by atoms with Crippen LogP contribution in [0.2, 0.25) is 0 Å². The molecule has 0 atom stereocenters. The summed E-state index contributed by atoms with van der Waals surface area (Å²) in [4.78, 5) is 8.08. The van der Waals surface area contributed by atoms with Gasteiger partial charge in [-0.1, -0.05) is 251 Å². The van der Waals surface area contributed by atoms with E-state index in [9.17, 15) is 21.0 Å². The van der Waals surface area contributed by atoms with Crippen molar-refractivity contribution in [3.63, 3.8) is 0 Å². The summed E-state index contributed by atoms with van der Waals surface area (Å²) >= 11 is 1.82. The summed E-state index contributed by atoms with van der Waals surface area (Å²) in [6.07, 6.45) is 0. The topological polar surface area (TPSA) is 165 Å². The lowest BCUT2D eigenvalue weighted by molar-refractivity contribution is 0.591. The Morgan fingerprint density at radius 3 is 1.00 bits per heavy atom. The Morgan fingerprint density at radius 2 is 0.562 bits per heavy atom. The summed E-state index contributed by atoms with van der Waals surface area (Å²) in [6.45, 7) is 23.3. The summed E-state index contributed by atoms with van der Waals surface area (Å²) in [6, 6.07) is 147. The van der Waals surface area contributed by atoms with Crippen molar-refractivity contribution in [2.75, 3.05) is 0 Å². The molecule has 678 valence electrons. The molecule has 16 heteroatoms. The minimum Gasteiger partial charge on any atom is -0.455 e. The third kappa shape index (κ3) is 12.2. The predicted octanol–water partition coefficient (Wildman–Crippen LogP) is 34.8. The Bertz CT molecular complexity index is 11100. The highest BCUT2D eigenvalue weighted by molar-refractivity contribution is 7.26. The fourth-order valence-electron chi connectivity index (χ4n) is 23.4. The molecule has 15 nitrogen and oxygen atoms in total. The third-order valence-corrected chi connectivity index (χ3v) is 30.8. The van der Waals surface area contributed by atoms with Gasteiger partial charge in [-0.3, -0.25) is 0 Å². The molecule has 0 aliphatic heterocycles. The van der Waals surface area contributed by atoms with Crippen molar-refractivity contribution < 1.29 is 8.83 Å². The molecule has 0 fully saturated rings. The van der Waals surface area contributed by atoms with Crippen LogP contribution < -0.4 is 0 Å². The van der Waals surface area contributed by atoms with E-state index in [4.69, 9.17) is 22.0 Å². The number of aromatic nitrogens is 7. The number of hydrogen-bond acceptors (Lipinski definition) is 7. The first-order chi connectivity index (χ1) is 71.9. The molecule has 0 amide bonds. The van der Waals surface area contributed by atoms with Crippen LogP contribution in [0.4, 0.5) is 11.4 Å². The van der Waals surface area contributed by atoms with Gasteiger partial charge in [-0.15, -0.1) is 11.3 Å². The molecule has 0 radical (unpaired) electrons. The molecule has 0 spiro atoms. The first-order valence-electron chi connectivity index (χ1n) is 48.3. The van der Waals surface area contributed by atoms with E-state index in [2.05, 4.69) is 354 Å². The van der Waals surface area contributed by atoms with Crippen molar-refractivity contribution in [1.29, 1.82) is 21.0 Å². The van der Waals surface area contributed by atoms with E-state index in [1.807, 2.05) is 145 Å². The van der Waals surface area contributed by atoms with Gasteiger partial charge in [0.2, 0.25) is 11.4 Å². The summed E-state index contributed by atoms with van der Waals surface area (Å²) < 4.78 is 31.5. The van der Waals surface area contributed by atoms with Crippen LogP contribution in [0.15, 0.2) is 409 Å². The highest BCUT2D eigenvalue weighted by Gasteiger charge is 2.31. The van der Waals surface area contributed by atoms with Gasteiger partial charge in [0.25, 0.3) is 0 Å². The summed E-state index contributed by atoms with van der Waals surface area (Å²) in [7, 11) is 0.